The van der Waals surface area contributed by atoms with Gasteiger partial charge in [0.15, 0.2) is 18.1 Å². The zero-order valence-corrected chi connectivity index (χ0v) is 16.1. The van der Waals surface area contributed by atoms with E-state index in [1.165, 1.54) is 0 Å². The lowest BCUT2D eigenvalue weighted by Gasteiger charge is -2.26. The molecule has 6 heteroatoms. The van der Waals surface area contributed by atoms with Crippen molar-refractivity contribution in [1.82, 2.24) is 5.32 Å². The predicted molar refractivity (Wildman–Crippen MR) is 107 cm³/mol. The number of ether oxygens (including phenoxy) is 3. The second-order valence-corrected chi connectivity index (χ2v) is 6.98. The average molecular weight is 428 g/mol. The number of nitrogens with one attached hydrogen (secondary N) is 1. The average Bonchev–Trinajstić information content (AvgIpc) is 2.72. The van der Waals surface area contributed by atoms with Gasteiger partial charge in [0.05, 0.1) is 11.0 Å². The third-order valence-corrected chi connectivity index (χ3v) is 5.10. The summed E-state index contributed by atoms with van der Waals surface area (Å²) in [6.45, 7) is 0.685. The van der Waals surface area contributed by atoms with E-state index in [-0.39, 0.29) is 18.6 Å². The molecule has 1 aliphatic rings. The van der Waals surface area contributed by atoms with Gasteiger partial charge >= 0.3 is 0 Å². The topological polar surface area (TPSA) is 56.8 Å². The molecule has 1 heterocycles. The van der Waals surface area contributed by atoms with Crippen LogP contribution in [0.1, 0.15) is 0 Å². The molecule has 0 unspecified atom stereocenters. The largest absolute Gasteiger partial charge is 0.486 e. The number of para-hydroxylation sites is 2. The first-order valence-electron chi connectivity index (χ1n) is 8.66. The number of hydrogen-bond donors (Lipinski definition) is 1. The second kappa shape index (κ2) is 7.88. The third kappa shape index (κ3) is 4.01. The van der Waals surface area contributed by atoms with Crippen LogP contribution in [0.15, 0.2) is 65.1 Å². The van der Waals surface area contributed by atoms with Crippen molar-refractivity contribution >= 4 is 32.6 Å². The zero-order valence-electron chi connectivity index (χ0n) is 14.5. The lowest BCUT2D eigenvalue weighted by Crippen LogP contribution is -2.42. The van der Waals surface area contributed by atoms with Crippen molar-refractivity contribution < 1.29 is 19.0 Å². The van der Waals surface area contributed by atoms with Crippen LogP contribution in [0, 0.1) is 0 Å². The summed E-state index contributed by atoms with van der Waals surface area (Å²) in [6.07, 6.45) is -0.226. The number of halogens is 1. The Hall–Kier alpha value is -2.73. The zero-order chi connectivity index (χ0) is 18.6. The van der Waals surface area contributed by atoms with Gasteiger partial charge in [-0.2, -0.15) is 0 Å². The van der Waals surface area contributed by atoms with Gasteiger partial charge in [0.1, 0.15) is 18.5 Å². The van der Waals surface area contributed by atoms with Crippen LogP contribution in [0.2, 0.25) is 0 Å². The molecule has 0 radical (unpaired) electrons. The van der Waals surface area contributed by atoms with Crippen LogP contribution in [-0.4, -0.2) is 31.8 Å². The van der Waals surface area contributed by atoms with Crippen molar-refractivity contribution in [2.24, 2.45) is 0 Å². The maximum Gasteiger partial charge on any atom is 0.258 e. The van der Waals surface area contributed by atoms with E-state index < -0.39 is 0 Å². The van der Waals surface area contributed by atoms with Gasteiger partial charge in [-0.25, -0.2) is 0 Å². The van der Waals surface area contributed by atoms with Gasteiger partial charge < -0.3 is 19.5 Å². The van der Waals surface area contributed by atoms with E-state index in [1.807, 2.05) is 60.7 Å². The molecule has 138 valence electrons. The number of carbonyl (C=O) groups excluding carboxylic acids is 1. The van der Waals surface area contributed by atoms with Gasteiger partial charge in [0.25, 0.3) is 5.91 Å². The van der Waals surface area contributed by atoms with Crippen LogP contribution in [-0.2, 0) is 4.79 Å². The highest BCUT2D eigenvalue weighted by atomic mass is 79.9. The molecule has 0 fully saturated rings. The number of carbonyl (C=O) groups is 1. The van der Waals surface area contributed by atoms with Crippen molar-refractivity contribution in [2.75, 3.05) is 19.8 Å². The molecule has 0 aromatic heterocycles. The monoisotopic (exact) mass is 427 g/mol. The molecule has 1 amide bonds. The first-order chi connectivity index (χ1) is 13.2. The molecule has 3 aromatic rings. The minimum absolute atomic E-state index is 0.0683. The molecule has 1 N–H and O–H groups in total. The van der Waals surface area contributed by atoms with Crippen molar-refractivity contribution in [3.8, 4) is 17.2 Å². The van der Waals surface area contributed by atoms with Gasteiger partial charge in [-0.1, -0.05) is 42.5 Å². The maximum absolute atomic E-state index is 12.1. The first kappa shape index (κ1) is 17.7. The number of amides is 1. The van der Waals surface area contributed by atoms with Crippen molar-refractivity contribution in [3.63, 3.8) is 0 Å². The minimum atomic E-state index is -0.226. The molecule has 0 bridgehead atoms. The Labute approximate surface area is 165 Å². The Morgan fingerprint density at radius 2 is 1.85 bits per heavy atom. The molecular weight excluding hydrogens is 410 g/mol. The molecule has 0 spiro atoms. The van der Waals surface area contributed by atoms with Crippen LogP contribution in [0.25, 0.3) is 10.8 Å². The lowest BCUT2D eigenvalue weighted by atomic mass is 10.1. The quantitative estimate of drug-likeness (QED) is 0.669. The minimum Gasteiger partial charge on any atom is -0.486 e. The Bertz CT molecular complexity index is 975. The first-order valence-corrected chi connectivity index (χ1v) is 9.45. The fraction of sp³-hybridized carbons (Fsp3) is 0.190. The van der Waals surface area contributed by atoms with Gasteiger partial charge in [0, 0.05) is 0 Å². The Morgan fingerprint density at radius 3 is 2.74 bits per heavy atom. The van der Waals surface area contributed by atoms with Crippen molar-refractivity contribution in [2.45, 2.75) is 6.10 Å². The van der Waals surface area contributed by atoms with Crippen LogP contribution in [0.5, 0.6) is 17.2 Å². The smallest absolute Gasteiger partial charge is 0.258 e. The summed E-state index contributed by atoms with van der Waals surface area (Å²) in [5.74, 6) is 1.84. The number of benzene rings is 3. The van der Waals surface area contributed by atoms with E-state index in [9.17, 15) is 4.79 Å². The number of rotatable bonds is 5. The van der Waals surface area contributed by atoms with E-state index >= 15 is 0 Å². The van der Waals surface area contributed by atoms with Crippen molar-refractivity contribution in [3.05, 3.63) is 65.1 Å². The van der Waals surface area contributed by atoms with Crippen LogP contribution in [0.3, 0.4) is 0 Å². The van der Waals surface area contributed by atoms with E-state index in [0.29, 0.717) is 24.7 Å². The summed E-state index contributed by atoms with van der Waals surface area (Å²) in [7, 11) is 0. The summed E-state index contributed by atoms with van der Waals surface area (Å²) in [4.78, 5) is 12.1. The molecule has 3 aromatic carbocycles. The van der Waals surface area contributed by atoms with E-state index in [4.69, 9.17) is 14.2 Å². The summed E-state index contributed by atoms with van der Waals surface area (Å²) in [6, 6.07) is 19.3. The van der Waals surface area contributed by atoms with E-state index in [0.717, 1.165) is 21.0 Å². The van der Waals surface area contributed by atoms with Gasteiger partial charge in [0.2, 0.25) is 0 Å². The molecule has 0 saturated carbocycles. The number of hydrogen-bond acceptors (Lipinski definition) is 4. The fourth-order valence-electron chi connectivity index (χ4n) is 2.91. The van der Waals surface area contributed by atoms with Crippen LogP contribution in [0.4, 0.5) is 0 Å². The summed E-state index contributed by atoms with van der Waals surface area (Å²) >= 11 is 3.56. The molecule has 4 rings (SSSR count). The van der Waals surface area contributed by atoms with Gasteiger partial charge in [-0.05, 0) is 44.9 Å². The van der Waals surface area contributed by atoms with E-state index in [2.05, 4.69) is 21.2 Å². The molecule has 5 nitrogen and oxygen atoms in total. The Kier molecular flexibility index (Phi) is 5.16. The second-order valence-electron chi connectivity index (χ2n) is 6.19. The summed E-state index contributed by atoms with van der Waals surface area (Å²) in [5.41, 5.74) is 0. The Balaban J connectivity index is 1.30. The molecule has 1 atom stereocenters. The maximum atomic E-state index is 12.1. The molecular formula is C21H18BrNO4. The van der Waals surface area contributed by atoms with Crippen LogP contribution >= 0.6 is 15.9 Å². The SMILES string of the molecule is O=C(COc1ccc2ccccc2c1Br)NC[C@@H]1COc2ccccc2O1. The molecule has 1 aliphatic heterocycles. The highest BCUT2D eigenvalue weighted by Gasteiger charge is 2.21. The van der Waals surface area contributed by atoms with Crippen molar-refractivity contribution in [1.29, 1.82) is 0 Å². The summed E-state index contributed by atoms with van der Waals surface area (Å²) in [5, 5.41) is 4.98. The van der Waals surface area contributed by atoms with E-state index in [1.54, 1.807) is 0 Å². The summed E-state index contributed by atoms with van der Waals surface area (Å²) < 4.78 is 18.0. The predicted octanol–water partition coefficient (Wildman–Crippen LogP) is 3.94. The third-order valence-electron chi connectivity index (χ3n) is 4.28. The van der Waals surface area contributed by atoms with Gasteiger partial charge in [-0.3, -0.25) is 4.79 Å². The Morgan fingerprint density at radius 1 is 1.07 bits per heavy atom. The van der Waals surface area contributed by atoms with Crippen LogP contribution < -0.4 is 19.5 Å². The lowest BCUT2D eigenvalue weighted by molar-refractivity contribution is -0.123. The normalized spacial score (nSPS) is 15.4. The van der Waals surface area contributed by atoms with Gasteiger partial charge in [-0.15, -0.1) is 0 Å². The fourth-order valence-corrected chi connectivity index (χ4v) is 3.52. The highest BCUT2D eigenvalue weighted by Crippen LogP contribution is 2.33. The standard InChI is InChI=1S/C21H18BrNO4/c22-21-16-6-2-1-5-14(16)9-10-19(21)26-13-20(24)23-11-15-12-25-17-7-3-4-8-18(17)27-15/h1-10,15H,11-13H2,(H,23,24)/t15-/m1/s1. The molecule has 0 aliphatic carbocycles. The molecule has 0 saturated heterocycles. The number of fused-ring (bicyclic) bond motifs is 2. The highest BCUT2D eigenvalue weighted by molar-refractivity contribution is 9.10. The molecule has 27 heavy (non-hydrogen) atoms.